The molecule has 0 aliphatic carbocycles. The van der Waals surface area contributed by atoms with E-state index in [1.807, 2.05) is 0 Å². The van der Waals surface area contributed by atoms with Gasteiger partial charge in [-0.3, -0.25) is 9.69 Å². The number of likely N-dealkylation sites (N-methyl/N-ethyl adjacent to an activating group) is 1. The van der Waals surface area contributed by atoms with Crippen molar-refractivity contribution in [2.45, 2.75) is 26.2 Å². The van der Waals surface area contributed by atoms with Crippen LogP contribution in [0.25, 0.3) is 0 Å². The Bertz CT molecular complexity index is 488. The maximum Gasteiger partial charge on any atom is 0.232 e. The molecule has 1 aromatic rings. The molecule has 0 saturated carbocycles. The van der Waals surface area contributed by atoms with E-state index in [-0.39, 0.29) is 5.91 Å². The van der Waals surface area contributed by atoms with Crippen LogP contribution in [0.2, 0.25) is 0 Å². The second-order valence-electron chi connectivity index (χ2n) is 5.34. The molecule has 1 fully saturated rings. The molecular formula is C13H18N4O. The molecule has 0 radical (unpaired) electrons. The molecule has 5 heteroatoms. The van der Waals surface area contributed by atoms with Crippen molar-refractivity contribution in [2.75, 3.05) is 29.9 Å². The summed E-state index contributed by atoms with van der Waals surface area (Å²) in [4.78, 5) is 24.5. The van der Waals surface area contributed by atoms with Gasteiger partial charge in [-0.1, -0.05) is 6.92 Å². The van der Waals surface area contributed by atoms with E-state index in [0.717, 1.165) is 30.4 Å². The van der Waals surface area contributed by atoms with Crippen LogP contribution in [-0.4, -0.2) is 36.0 Å². The zero-order valence-electron chi connectivity index (χ0n) is 10.9. The van der Waals surface area contributed by atoms with Crippen molar-refractivity contribution < 1.29 is 4.79 Å². The van der Waals surface area contributed by atoms with E-state index in [1.165, 1.54) is 12.8 Å². The highest BCUT2D eigenvalue weighted by molar-refractivity contribution is 5.99. The normalized spacial score (nSPS) is 23.4. The Kier molecular flexibility index (Phi) is 2.69. The van der Waals surface area contributed by atoms with E-state index in [4.69, 9.17) is 0 Å². The molecular weight excluding hydrogens is 228 g/mol. The molecule has 1 amide bonds. The molecule has 5 nitrogen and oxygen atoms in total. The Labute approximate surface area is 107 Å². The summed E-state index contributed by atoms with van der Waals surface area (Å²) < 4.78 is 0. The average molecular weight is 246 g/mol. The number of rotatable bonds is 1. The summed E-state index contributed by atoms with van der Waals surface area (Å²) >= 11 is 0. The maximum atomic E-state index is 11.6. The van der Waals surface area contributed by atoms with Crippen LogP contribution in [0.4, 0.5) is 11.8 Å². The summed E-state index contributed by atoms with van der Waals surface area (Å²) in [5, 5.41) is 0. The van der Waals surface area contributed by atoms with Gasteiger partial charge in [-0.15, -0.1) is 0 Å². The topological polar surface area (TPSA) is 49.3 Å². The predicted octanol–water partition coefficient (Wildman–Crippen LogP) is 1.23. The minimum atomic E-state index is 0.100. The van der Waals surface area contributed by atoms with Gasteiger partial charge < -0.3 is 4.90 Å². The highest BCUT2D eigenvalue weighted by Crippen LogP contribution is 2.28. The van der Waals surface area contributed by atoms with Crippen LogP contribution in [0, 0.1) is 5.92 Å². The molecule has 0 aromatic carbocycles. The highest BCUT2D eigenvalue weighted by Gasteiger charge is 2.27. The zero-order valence-corrected chi connectivity index (χ0v) is 10.9. The number of hydrogen-bond donors (Lipinski definition) is 0. The molecule has 0 bridgehead atoms. The molecule has 2 aliphatic rings. The first-order valence-electron chi connectivity index (χ1n) is 6.52. The van der Waals surface area contributed by atoms with E-state index in [1.54, 1.807) is 18.1 Å². The second-order valence-corrected chi connectivity index (χ2v) is 5.34. The van der Waals surface area contributed by atoms with Gasteiger partial charge in [0.2, 0.25) is 11.9 Å². The van der Waals surface area contributed by atoms with Crippen LogP contribution in [0.5, 0.6) is 0 Å². The Morgan fingerprint density at radius 3 is 3.06 bits per heavy atom. The van der Waals surface area contributed by atoms with Crippen LogP contribution in [0.1, 0.15) is 25.3 Å². The van der Waals surface area contributed by atoms with Crippen molar-refractivity contribution in [3.8, 4) is 0 Å². The summed E-state index contributed by atoms with van der Waals surface area (Å²) in [5.41, 5.74) is 0.941. The number of anilines is 2. The largest absolute Gasteiger partial charge is 0.341 e. The maximum absolute atomic E-state index is 11.6. The number of fused-ring (bicyclic) bond motifs is 1. The lowest BCUT2D eigenvalue weighted by molar-refractivity contribution is -0.117. The minimum Gasteiger partial charge on any atom is -0.341 e. The molecule has 1 unspecified atom stereocenters. The number of nitrogens with zero attached hydrogens (tertiary/aromatic N) is 4. The molecule has 1 aromatic heterocycles. The number of carbonyl (C=O) groups excluding carboxylic acids is 1. The lowest BCUT2D eigenvalue weighted by Gasteiger charge is -2.31. The minimum absolute atomic E-state index is 0.100. The predicted molar refractivity (Wildman–Crippen MR) is 69.8 cm³/mol. The molecule has 3 rings (SSSR count). The van der Waals surface area contributed by atoms with Crippen LogP contribution >= 0.6 is 0 Å². The first-order chi connectivity index (χ1) is 8.65. The average Bonchev–Trinajstić information content (AvgIpc) is 2.65. The first kappa shape index (κ1) is 11.4. The summed E-state index contributed by atoms with van der Waals surface area (Å²) in [6, 6.07) is 0. The Balaban J connectivity index is 1.89. The van der Waals surface area contributed by atoms with Crippen LogP contribution in [0.15, 0.2) is 6.20 Å². The van der Waals surface area contributed by atoms with Crippen molar-refractivity contribution in [3.63, 3.8) is 0 Å². The van der Waals surface area contributed by atoms with Crippen LogP contribution in [0.3, 0.4) is 0 Å². The number of hydrogen-bond acceptors (Lipinski definition) is 4. The smallest absolute Gasteiger partial charge is 0.232 e. The monoisotopic (exact) mass is 246 g/mol. The molecule has 96 valence electrons. The molecule has 1 saturated heterocycles. The van der Waals surface area contributed by atoms with Gasteiger partial charge in [-0.2, -0.15) is 4.98 Å². The molecule has 18 heavy (non-hydrogen) atoms. The van der Waals surface area contributed by atoms with Crippen molar-refractivity contribution in [2.24, 2.45) is 5.92 Å². The SMILES string of the molecule is CC1CCCN(c2ncc3c(n2)N(C)C(=O)C3)C1. The van der Waals surface area contributed by atoms with E-state index in [9.17, 15) is 4.79 Å². The van der Waals surface area contributed by atoms with E-state index >= 15 is 0 Å². The van der Waals surface area contributed by atoms with Gasteiger partial charge in [0.15, 0.2) is 0 Å². The van der Waals surface area contributed by atoms with Crippen LogP contribution in [-0.2, 0) is 11.2 Å². The molecule has 0 spiro atoms. The lowest BCUT2D eigenvalue weighted by Crippen LogP contribution is -2.35. The summed E-state index contributed by atoms with van der Waals surface area (Å²) in [6.07, 6.45) is 4.71. The third-order valence-corrected chi connectivity index (χ3v) is 3.80. The second kappa shape index (κ2) is 4.23. The third kappa shape index (κ3) is 1.83. The van der Waals surface area contributed by atoms with Crippen molar-refractivity contribution in [3.05, 3.63) is 11.8 Å². The fraction of sp³-hybridized carbons (Fsp3) is 0.615. The van der Waals surface area contributed by atoms with Gasteiger partial charge in [0.25, 0.3) is 0 Å². The van der Waals surface area contributed by atoms with E-state index in [0.29, 0.717) is 12.3 Å². The summed E-state index contributed by atoms with van der Waals surface area (Å²) in [5.74, 6) is 2.34. The number of piperidine rings is 1. The fourth-order valence-corrected chi connectivity index (χ4v) is 2.73. The van der Waals surface area contributed by atoms with Gasteiger partial charge in [0.05, 0.1) is 6.42 Å². The van der Waals surface area contributed by atoms with Crippen molar-refractivity contribution >= 4 is 17.7 Å². The standard InChI is InChI=1S/C13H18N4O/c1-9-4-3-5-17(8-9)13-14-7-10-6-11(18)16(2)12(10)15-13/h7,9H,3-6,8H2,1-2H3. The Hall–Kier alpha value is -1.65. The van der Waals surface area contributed by atoms with Crippen LogP contribution < -0.4 is 9.80 Å². The number of amides is 1. The Morgan fingerprint density at radius 1 is 1.44 bits per heavy atom. The van der Waals surface area contributed by atoms with E-state index < -0.39 is 0 Å². The third-order valence-electron chi connectivity index (χ3n) is 3.80. The molecule has 2 aliphatic heterocycles. The first-order valence-corrected chi connectivity index (χ1v) is 6.52. The molecule has 1 atom stereocenters. The number of carbonyl (C=O) groups is 1. The van der Waals surface area contributed by atoms with Gasteiger partial charge in [0, 0.05) is 31.9 Å². The number of aromatic nitrogens is 2. The summed E-state index contributed by atoms with van der Waals surface area (Å²) in [6.45, 7) is 4.28. The Morgan fingerprint density at radius 2 is 2.28 bits per heavy atom. The molecule has 3 heterocycles. The lowest BCUT2D eigenvalue weighted by atomic mass is 10.0. The van der Waals surface area contributed by atoms with E-state index in [2.05, 4.69) is 21.8 Å². The van der Waals surface area contributed by atoms with Gasteiger partial charge in [-0.25, -0.2) is 4.98 Å². The van der Waals surface area contributed by atoms with Gasteiger partial charge >= 0.3 is 0 Å². The zero-order chi connectivity index (χ0) is 12.7. The van der Waals surface area contributed by atoms with Gasteiger partial charge in [0.1, 0.15) is 5.82 Å². The van der Waals surface area contributed by atoms with Crippen molar-refractivity contribution in [1.29, 1.82) is 0 Å². The fourth-order valence-electron chi connectivity index (χ4n) is 2.73. The highest BCUT2D eigenvalue weighted by atomic mass is 16.2. The van der Waals surface area contributed by atoms with Gasteiger partial charge in [-0.05, 0) is 18.8 Å². The van der Waals surface area contributed by atoms with Crippen molar-refractivity contribution in [1.82, 2.24) is 9.97 Å². The summed E-state index contributed by atoms with van der Waals surface area (Å²) in [7, 11) is 1.78. The molecule has 0 N–H and O–H groups in total. The quantitative estimate of drug-likeness (QED) is 0.748.